The van der Waals surface area contributed by atoms with Crippen LogP contribution in [0.15, 0.2) is 58.1 Å². The molecule has 100 valence electrons. The monoisotopic (exact) mass is 393 g/mol. The standard InChI is InChI=1S/C16H10Br2FN/c17-16(18)9-12-5-6-13(19)10-15(12)20-8-7-11-3-1-2-4-14(11)20/h1-10H. The first kappa shape index (κ1) is 13.6. The molecule has 1 heterocycles. The molecule has 0 aliphatic rings. The van der Waals surface area contributed by atoms with Crippen LogP contribution in [0.4, 0.5) is 4.39 Å². The van der Waals surface area contributed by atoms with E-state index in [0.717, 1.165) is 25.5 Å². The third-order valence-corrected chi connectivity index (χ3v) is 3.57. The van der Waals surface area contributed by atoms with Gasteiger partial charge in [0.2, 0.25) is 0 Å². The number of fused-ring (bicyclic) bond motifs is 1. The number of hydrogen-bond donors (Lipinski definition) is 0. The number of halogens is 3. The molecule has 0 amide bonds. The molecule has 0 bridgehead atoms. The highest BCUT2D eigenvalue weighted by Crippen LogP contribution is 2.27. The predicted octanol–water partition coefficient (Wildman–Crippen LogP) is 5.86. The van der Waals surface area contributed by atoms with Crippen LogP contribution in [0.5, 0.6) is 0 Å². The molecule has 20 heavy (non-hydrogen) atoms. The van der Waals surface area contributed by atoms with Crippen LogP contribution in [-0.4, -0.2) is 4.57 Å². The van der Waals surface area contributed by atoms with Crippen LogP contribution in [0.25, 0.3) is 22.7 Å². The topological polar surface area (TPSA) is 4.93 Å². The van der Waals surface area contributed by atoms with E-state index in [1.807, 2.05) is 47.2 Å². The Hall–Kier alpha value is -1.39. The van der Waals surface area contributed by atoms with Crippen molar-refractivity contribution in [2.24, 2.45) is 0 Å². The van der Waals surface area contributed by atoms with Crippen LogP contribution in [0, 0.1) is 5.82 Å². The summed E-state index contributed by atoms with van der Waals surface area (Å²) in [7, 11) is 0. The largest absolute Gasteiger partial charge is 0.316 e. The van der Waals surface area contributed by atoms with Crippen molar-refractivity contribution in [2.45, 2.75) is 0 Å². The van der Waals surface area contributed by atoms with Crippen LogP contribution in [0.3, 0.4) is 0 Å². The molecule has 0 unspecified atom stereocenters. The molecule has 3 rings (SSSR count). The quantitative estimate of drug-likeness (QED) is 0.513. The third kappa shape index (κ3) is 2.58. The Morgan fingerprint density at radius 2 is 1.85 bits per heavy atom. The summed E-state index contributed by atoms with van der Waals surface area (Å²) in [4.78, 5) is 0. The van der Waals surface area contributed by atoms with Gasteiger partial charge in [0.1, 0.15) is 5.82 Å². The number of hydrogen-bond acceptors (Lipinski definition) is 0. The number of para-hydroxylation sites is 1. The summed E-state index contributed by atoms with van der Waals surface area (Å²) < 4.78 is 16.4. The molecule has 0 radical (unpaired) electrons. The summed E-state index contributed by atoms with van der Waals surface area (Å²) in [6.45, 7) is 0. The highest BCUT2D eigenvalue weighted by Gasteiger charge is 2.08. The van der Waals surface area contributed by atoms with Gasteiger partial charge >= 0.3 is 0 Å². The molecule has 1 nitrogen and oxygen atoms in total. The highest BCUT2D eigenvalue weighted by atomic mass is 79.9. The molecule has 0 saturated carbocycles. The lowest BCUT2D eigenvalue weighted by Crippen LogP contribution is -1.96. The van der Waals surface area contributed by atoms with Gasteiger partial charge in [0.25, 0.3) is 0 Å². The summed E-state index contributed by atoms with van der Waals surface area (Å²) in [6, 6.07) is 14.8. The first-order valence-corrected chi connectivity index (χ1v) is 7.62. The van der Waals surface area contributed by atoms with Gasteiger partial charge in [-0.2, -0.15) is 0 Å². The zero-order chi connectivity index (χ0) is 14.1. The van der Waals surface area contributed by atoms with Gasteiger partial charge in [-0.25, -0.2) is 4.39 Å². The number of nitrogens with zero attached hydrogens (tertiary/aromatic N) is 1. The van der Waals surface area contributed by atoms with Crippen LogP contribution in [0.1, 0.15) is 5.56 Å². The maximum Gasteiger partial charge on any atom is 0.125 e. The lowest BCUT2D eigenvalue weighted by Gasteiger charge is -2.10. The van der Waals surface area contributed by atoms with E-state index in [9.17, 15) is 4.39 Å². The maximum atomic E-state index is 13.6. The van der Waals surface area contributed by atoms with E-state index in [2.05, 4.69) is 31.9 Å². The van der Waals surface area contributed by atoms with Gasteiger partial charge in [0.05, 0.1) is 14.6 Å². The first-order chi connectivity index (χ1) is 9.65. The van der Waals surface area contributed by atoms with E-state index in [0.29, 0.717) is 0 Å². The molecule has 0 N–H and O–H groups in total. The van der Waals surface area contributed by atoms with E-state index in [1.54, 1.807) is 12.1 Å². The average Bonchev–Trinajstić information content (AvgIpc) is 2.84. The van der Waals surface area contributed by atoms with E-state index >= 15 is 0 Å². The summed E-state index contributed by atoms with van der Waals surface area (Å²) in [6.07, 6.45) is 3.86. The van der Waals surface area contributed by atoms with E-state index < -0.39 is 0 Å². The average molecular weight is 395 g/mol. The minimum atomic E-state index is -0.249. The van der Waals surface area contributed by atoms with Crippen LogP contribution in [-0.2, 0) is 0 Å². The molecule has 3 aromatic rings. The molecular formula is C16H10Br2FN. The number of aromatic nitrogens is 1. The minimum Gasteiger partial charge on any atom is -0.316 e. The van der Waals surface area contributed by atoms with Gasteiger partial charge in [-0.3, -0.25) is 0 Å². The molecule has 0 spiro atoms. The van der Waals surface area contributed by atoms with Gasteiger partial charge < -0.3 is 4.57 Å². The fourth-order valence-corrected chi connectivity index (χ4v) is 2.75. The fraction of sp³-hybridized carbons (Fsp3) is 0. The first-order valence-electron chi connectivity index (χ1n) is 6.04. The molecule has 0 saturated heterocycles. The van der Waals surface area contributed by atoms with Crippen LogP contribution in [0.2, 0.25) is 0 Å². The predicted molar refractivity (Wildman–Crippen MR) is 89.1 cm³/mol. The second-order valence-electron chi connectivity index (χ2n) is 4.38. The van der Waals surface area contributed by atoms with Crippen molar-refractivity contribution in [3.8, 4) is 5.69 Å². The molecule has 0 fully saturated rings. The van der Waals surface area contributed by atoms with Crippen LogP contribution >= 0.6 is 31.9 Å². The van der Waals surface area contributed by atoms with E-state index in [4.69, 9.17) is 0 Å². The highest BCUT2D eigenvalue weighted by molar-refractivity contribution is 9.28. The van der Waals surface area contributed by atoms with Crippen LogP contribution < -0.4 is 0 Å². The smallest absolute Gasteiger partial charge is 0.125 e. The maximum absolute atomic E-state index is 13.6. The minimum absolute atomic E-state index is 0.249. The third-order valence-electron chi connectivity index (χ3n) is 3.12. The summed E-state index contributed by atoms with van der Waals surface area (Å²) in [5, 5.41) is 1.13. The van der Waals surface area contributed by atoms with Gasteiger partial charge in [-0.1, -0.05) is 18.2 Å². The summed E-state index contributed by atoms with van der Waals surface area (Å²) in [5.41, 5.74) is 2.79. The Kier molecular flexibility index (Phi) is 3.76. The van der Waals surface area contributed by atoms with Crippen molar-refractivity contribution < 1.29 is 4.39 Å². The van der Waals surface area contributed by atoms with Crippen molar-refractivity contribution in [1.29, 1.82) is 0 Å². The van der Waals surface area contributed by atoms with Gasteiger partial charge in [0, 0.05) is 11.8 Å². The summed E-state index contributed by atoms with van der Waals surface area (Å²) in [5.74, 6) is -0.249. The van der Waals surface area contributed by atoms with Gasteiger partial charge in [-0.05, 0) is 73.7 Å². The molecule has 0 atom stereocenters. The van der Waals surface area contributed by atoms with Crippen molar-refractivity contribution in [2.75, 3.05) is 0 Å². The summed E-state index contributed by atoms with van der Waals surface area (Å²) >= 11 is 6.70. The van der Waals surface area contributed by atoms with E-state index in [1.165, 1.54) is 6.07 Å². The van der Waals surface area contributed by atoms with Gasteiger partial charge in [0.15, 0.2) is 0 Å². The van der Waals surface area contributed by atoms with Crippen molar-refractivity contribution >= 4 is 48.8 Å². The molecule has 0 aliphatic heterocycles. The Morgan fingerprint density at radius 1 is 1.05 bits per heavy atom. The lowest BCUT2D eigenvalue weighted by molar-refractivity contribution is 0.626. The van der Waals surface area contributed by atoms with Crippen molar-refractivity contribution in [3.05, 3.63) is 69.5 Å². The number of benzene rings is 2. The Labute approximate surface area is 133 Å². The molecule has 4 heteroatoms. The molecule has 2 aromatic carbocycles. The second-order valence-corrected chi connectivity index (χ2v) is 7.15. The van der Waals surface area contributed by atoms with Crippen molar-refractivity contribution in [3.63, 3.8) is 0 Å². The Morgan fingerprint density at radius 3 is 2.65 bits per heavy atom. The molecular weight excluding hydrogens is 385 g/mol. The zero-order valence-corrected chi connectivity index (χ0v) is 13.5. The lowest BCUT2D eigenvalue weighted by atomic mass is 10.1. The Bertz CT molecular complexity index is 801. The Balaban J connectivity index is 2.28. The SMILES string of the molecule is Fc1ccc(C=C(Br)Br)c(-n2ccc3ccccc32)c1. The van der Waals surface area contributed by atoms with Gasteiger partial charge in [-0.15, -0.1) is 0 Å². The van der Waals surface area contributed by atoms with Crippen molar-refractivity contribution in [1.82, 2.24) is 4.57 Å². The normalized spacial score (nSPS) is 10.8. The van der Waals surface area contributed by atoms with E-state index in [-0.39, 0.29) is 5.82 Å². The second kappa shape index (κ2) is 5.54. The molecule has 0 aliphatic carbocycles. The number of rotatable bonds is 2. The zero-order valence-electron chi connectivity index (χ0n) is 10.4. The molecule has 1 aromatic heterocycles. The fourth-order valence-electron chi connectivity index (χ4n) is 2.26.